The lowest BCUT2D eigenvalue weighted by atomic mass is 9.92. The van der Waals surface area contributed by atoms with Crippen molar-refractivity contribution >= 4 is 21.8 Å². The van der Waals surface area contributed by atoms with Crippen molar-refractivity contribution in [1.29, 1.82) is 0 Å². The van der Waals surface area contributed by atoms with Gasteiger partial charge in [-0.15, -0.1) is 0 Å². The molecular formula is C14H20BrN3O. The van der Waals surface area contributed by atoms with Crippen LogP contribution in [-0.2, 0) is 10.3 Å². The Hall–Kier alpha value is -0.910. The van der Waals surface area contributed by atoms with Gasteiger partial charge in [0, 0.05) is 17.1 Å². The molecule has 2 rings (SSSR count). The first-order valence-electron chi connectivity index (χ1n) is 6.51. The van der Waals surface area contributed by atoms with Crippen LogP contribution in [0.15, 0.2) is 28.7 Å². The fraction of sp³-hybridized carbons (Fsp3) is 0.500. The number of hydrogen-bond donors (Lipinski definition) is 3. The Bertz CT molecular complexity index is 454. The SMILES string of the molecule is CC(N)(C(=O)NC(CN)C1CC1)c1ccc(Br)cc1. The Morgan fingerprint density at radius 1 is 1.47 bits per heavy atom. The Morgan fingerprint density at radius 3 is 2.53 bits per heavy atom. The van der Waals surface area contributed by atoms with E-state index < -0.39 is 5.54 Å². The molecule has 2 unspecified atom stereocenters. The summed E-state index contributed by atoms with van der Waals surface area (Å²) < 4.78 is 0.963. The number of carbonyl (C=O) groups is 1. The molecule has 0 bridgehead atoms. The van der Waals surface area contributed by atoms with Crippen molar-refractivity contribution in [3.05, 3.63) is 34.3 Å². The van der Waals surface area contributed by atoms with E-state index in [0.717, 1.165) is 22.9 Å². The summed E-state index contributed by atoms with van der Waals surface area (Å²) in [6.45, 7) is 2.19. The largest absolute Gasteiger partial charge is 0.350 e. The van der Waals surface area contributed by atoms with Crippen LogP contribution in [0.5, 0.6) is 0 Å². The number of nitrogens with two attached hydrogens (primary N) is 2. The maximum atomic E-state index is 12.3. The van der Waals surface area contributed by atoms with Gasteiger partial charge in [0.25, 0.3) is 0 Å². The number of hydrogen-bond acceptors (Lipinski definition) is 3. The zero-order chi connectivity index (χ0) is 14.0. The predicted octanol–water partition coefficient (Wildman–Crippen LogP) is 1.48. The molecule has 2 atom stereocenters. The molecule has 104 valence electrons. The molecule has 0 aromatic heterocycles. The van der Waals surface area contributed by atoms with Gasteiger partial charge >= 0.3 is 0 Å². The molecule has 0 radical (unpaired) electrons. The fourth-order valence-corrected chi connectivity index (χ4v) is 2.38. The van der Waals surface area contributed by atoms with Gasteiger partial charge in [-0.05, 0) is 43.4 Å². The molecule has 5 heteroatoms. The van der Waals surface area contributed by atoms with E-state index in [1.54, 1.807) is 6.92 Å². The van der Waals surface area contributed by atoms with Crippen molar-refractivity contribution < 1.29 is 4.79 Å². The lowest BCUT2D eigenvalue weighted by Crippen LogP contribution is -2.54. The van der Waals surface area contributed by atoms with Gasteiger partial charge < -0.3 is 16.8 Å². The van der Waals surface area contributed by atoms with Gasteiger partial charge in [-0.2, -0.15) is 0 Å². The highest BCUT2D eigenvalue weighted by Gasteiger charge is 2.36. The van der Waals surface area contributed by atoms with Crippen molar-refractivity contribution in [2.75, 3.05) is 6.54 Å². The lowest BCUT2D eigenvalue weighted by Gasteiger charge is -2.27. The van der Waals surface area contributed by atoms with Crippen molar-refractivity contribution in [3.8, 4) is 0 Å². The summed E-state index contributed by atoms with van der Waals surface area (Å²) in [7, 11) is 0. The third-order valence-electron chi connectivity index (χ3n) is 3.68. The van der Waals surface area contributed by atoms with Crippen LogP contribution in [0.2, 0.25) is 0 Å². The van der Waals surface area contributed by atoms with Crippen molar-refractivity contribution in [2.24, 2.45) is 17.4 Å². The molecule has 0 aliphatic heterocycles. The monoisotopic (exact) mass is 325 g/mol. The molecule has 1 aliphatic carbocycles. The number of halogens is 1. The molecule has 1 aromatic carbocycles. The summed E-state index contributed by atoms with van der Waals surface area (Å²) >= 11 is 3.37. The van der Waals surface area contributed by atoms with Gasteiger partial charge in [0.1, 0.15) is 5.54 Å². The first-order chi connectivity index (χ1) is 8.95. The zero-order valence-corrected chi connectivity index (χ0v) is 12.6. The molecule has 19 heavy (non-hydrogen) atoms. The van der Waals surface area contributed by atoms with Crippen LogP contribution in [0.1, 0.15) is 25.3 Å². The van der Waals surface area contributed by atoms with Crippen LogP contribution in [0.3, 0.4) is 0 Å². The van der Waals surface area contributed by atoms with E-state index in [-0.39, 0.29) is 11.9 Å². The highest BCUT2D eigenvalue weighted by atomic mass is 79.9. The Morgan fingerprint density at radius 2 is 2.05 bits per heavy atom. The van der Waals surface area contributed by atoms with E-state index in [9.17, 15) is 4.79 Å². The zero-order valence-electron chi connectivity index (χ0n) is 11.0. The first-order valence-corrected chi connectivity index (χ1v) is 7.30. The Labute approximate surface area is 122 Å². The molecule has 4 nitrogen and oxygen atoms in total. The van der Waals surface area contributed by atoms with E-state index in [2.05, 4.69) is 21.2 Å². The third kappa shape index (κ3) is 3.35. The standard InChI is InChI=1S/C14H20BrN3O/c1-14(17,10-4-6-11(15)7-5-10)13(19)18-12(8-16)9-2-3-9/h4-7,9,12H,2-3,8,16-17H2,1H3,(H,18,19). The minimum Gasteiger partial charge on any atom is -0.350 e. The average Bonchev–Trinajstić information content (AvgIpc) is 3.20. The maximum absolute atomic E-state index is 12.3. The van der Waals surface area contributed by atoms with Gasteiger partial charge in [0.2, 0.25) is 5.91 Å². The van der Waals surface area contributed by atoms with Crippen LogP contribution in [0, 0.1) is 5.92 Å². The Kier molecular flexibility index (Phi) is 4.28. The number of carbonyl (C=O) groups excluding carboxylic acids is 1. The molecule has 1 aromatic rings. The second-order valence-corrected chi connectivity index (χ2v) is 6.28. The van der Waals surface area contributed by atoms with Crippen LogP contribution in [-0.4, -0.2) is 18.5 Å². The Balaban J connectivity index is 2.09. The summed E-state index contributed by atoms with van der Waals surface area (Å²) in [5, 5.41) is 2.98. The maximum Gasteiger partial charge on any atom is 0.244 e. The van der Waals surface area contributed by atoms with Crippen LogP contribution in [0.4, 0.5) is 0 Å². The van der Waals surface area contributed by atoms with E-state index in [0.29, 0.717) is 12.5 Å². The van der Waals surface area contributed by atoms with Gasteiger partial charge in [0.05, 0.1) is 0 Å². The van der Waals surface area contributed by atoms with Crippen molar-refractivity contribution in [1.82, 2.24) is 5.32 Å². The van der Waals surface area contributed by atoms with Crippen LogP contribution in [0.25, 0.3) is 0 Å². The van der Waals surface area contributed by atoms with E-state index in [1.165, 1.54) is 0 Å². The van der Waals surface area contributed by atoms with E-state index >= 15 is 0 Å². The van der Waals surface area contributed by atoms with E-state index in [4.69, 9.17) is 11.5 Å². The quantitative estimate of drug-likeness (QED) is 0.766. The minimum atomic E-state index is -1.04. The fourth-order valence-electron chi connectivity index (χ4n) is 2.11. The molecule has 0 saturated heterocycles. The highest BCUT2D eigenvalue weighted by molar-refractivity contribution is 9.10. The second kappa shape index (κ2) is 5.61. The molecule has 1 saturated carbocycles. The molecule has 1 fully saturated rings. The smallest absolute Gasteiger partial charge is 0.244 e. The van der Waals surface area contributed by atoms with Gasteiger partial charge in [-0.25, -0.2) is 0 Å². The lowest BCUT2D eigenvalue weighted by molar-refractivity contribution is -0.126. The number of nitrogens with one attached hydrogen (secondary N) is 1. The average molecular weight is 326 g/mol. The van der Waals surface area contributed by atoms with Crippen molar-refractivity contribution in [2.45, 2.75) is 31.3 Å². The van der Waals surface area contributed by atoms with Crippen LogP contribution >= 0.6 is 15.9 Å². The normalized spacial score (nSPS) is 19.6. The first kappa shape index (κ1) is 14.5. The van der Waals surface area contributed by atoms with E-state index in [1.807, 2.05) is 24.3 Å². The van der Waals surface area contributed by atoms with Gasteiger partial charge in [0.15, 0.2) is 0 Å². The number of rotatable bonds is 5. The molecule has 0 heterocycles. The summed E-state index contributed by atoms with van der Waals surface area (Å²) in [5.74, 6) is 0.354. The molecule has 1 amide bonds. The van der Waals surface area contributed by atoms with Crippen molar-refractivity contribution in [3.63, 3.8) is 0 Å². The van der Waals surface area contributed by atoms with Gasteiger partial charge in [-0.1, -0.05) is 28.1 Å². The summed E-state index contributed by atoms with van der Waals surface area (Å²) in [5.41, 5.74) is 11.6. The molecule has 1 aliphatic rings. The topological polar surface area (TPSA) is 81.1 Å². The predicted molar refractivity (Wildman–Crippen MR) is 79.4 cm³/mol. The summed E-state index contributed by atoms with van der Waals surface area (Å²) in [4.78, 5) is 12.3. The van der Waals surface area contributed by atoms with Crippen LogP contribution < -0.4 is 16.8 Å². The molecular weight excluding hydrogens is 306 g/mol. The number of amides is 1. The molecule has 0 spiro atoms. The second-order valence-electron chi connectivity index (χ2n) is 5.36. The number of benzene rings is 1. The minimum absolute atomic E-state index is 0.0471. The van der Waals surface area contributed by atoms with Gasteiger partial charge in [-0.3, -0.25) is 4.79 Å². The summed E-state index contributed by atoms with van der Waals surface area (Å²) in [6, 6.07) is 7.53. The third-order valence-corrected chi connectivity index (χ3v) is 4.21. The molecule has 5 N–H and O–H groups in total. The summed E-state index contributed by atoms with van der Waals surface area (Å²) in [6.07, 6.45) is 2.28. The highest BCUT2D eigenvalue weighted by Crippen LogP contribution is 2.32.